The van der Waals surface area contributed by atoms with Gasteiger partial charge >= 0.3 is 0 Å². The van der Waals surface area contributed by atoms with Crippen molar-refractivity contribution < 1.29 is 19.0 Å². The number of rotatable bonds is 9. The normalized spacial score (nSPS) is 20.1. The molecule has 1 unspecified atom stereocenters. The van der Waals surface area contributed by atoms with E-state index in [0.29, 0.717) is 41.7 Å². The average molecular weight is 413 g/mol. The Hall–Kier alpha value is -1.57. The number of halogens is 1. The maximum atomic E-state index is 11.0. The first-order chi connectivity index (χ1) is 13.0. The number of aromatic nitrogens is 1. The maximum Gasteiger partial charge on any atom is 0.274 e. The molecule has 1 atom stereocenters. The van der Waals surface area contributed by atoms with Gasteiger partial charge in [-0.25, -0.2) is 4.98 Å². The number of fused-ring (bicyclic) bond motifs is 1. The second-order valence-corrected chi connectivity index (χ2v) is 8.18. The number of carbonyl (C=O) groups excluding carboxylic acids is 1. The van der Waals surface area contributed by atoms with Gasteiger partial charge in [0.1, 0.15) is 10.8 Å². The summed E-state index contributed by atoms with van der Waals surface area (Å²) in [5.41, 5.74) is 0.825. The largest absolute Gasteiger partial charge is 0.492 e. The highest BCUT2D eigenvalue weighted by Crippen LogP contribution is 2.39. The van der Waals surface area contributed by atoms with Crippen molar-refractivity contribution in [2.45, 2.75) is 45.8 Å². The molecule has 2 aromatic rings. The molecular formula is C19H25ClN2O4S. The van der Waals surface area contributed by atoms with Crippen molar-refractivity contribution >= 4 is 39.1 Å². The molecule has 0 spiro atoms. The summed E-state index contributed by atoms with van der Waals surface area (Å²) in [6, 6.07) is 3.80. The molecule has 1 aliphatic carbocycles. The molecular weight excluding hydrogens is 388 g/mol. The lowest BCUT2D eigenvalue weighted by Crippen LogP contribution is -2.40. The van der Waals surface area contributed by atoms with Gasteiger partial charge in [0, 0.05) is 13.0 Å². The van der Waals surface area contributed by atoms with Gasteiger partial charge in [-0.05, 0) is 44.7 Å². The Morgan fingerprint density at radius 3 is 2.89 bits per heavy atom. The molecule has 1 saturated carbocycles. The first-order valence-corrected chi connectivity index (χ1v) is 10.4. The van der Waals surface area contributed by atoms with Crippen LogP contribution >= 0.6 is 22.9 Å². The van der Waals surface area contributed by atoms with Gasteiger partial charge in [0.2, 0.25) is 5.91 Å². The van der Waals surface area contributed by atoms with E-state index >= 15 is 0 Å². The Labute approximate surface area is 168 Å². The summed E-state index contributed by atoms with van der Waals surface area (Å²) in [4.78, 5) is 15.4. The standard InChI is InChI=1S/C19H25ClN2O4S/c1-4-24-19-22-15-5-6-16(17(20)18(15)27-19)26-10-13-7-14(8-13)25-9-11(2)21-12(3)23/h5-6,11,13-14H,4,7-10H2,1-3H3,(H,21,23). The third-order valence-corrected chi connectivity index (χ3v) is 5.90. The number of benzene rings is 1. The predicted molar refractivity (Wildman–Crippen MR) is 107 cm³/mol. The van der Waals surface area contributed by atoms with E-state index in [2.05, 4.69) is 10.3 Å². The SMILES string of the molecule is CCOc1nc2ccc(OCC3CC(OCC(C)NC(C)=O)C3)c(Cl)c2s1. The zero-order chi connectivity index (χ0) is 19.4. The maximum absolute atomic E-state index is 11.0. The van der Waals surface area contributed by atoms with E-state index in [1.54, 1.807) is 0 Å². The van der Waals surface area contributed by atoms with Gasteiger partial charge < -0.3 is 19.5 Å². The molecule has 6 nitrogen and oxygen atoms in total. The summed E-state index contributed by atoms with van der Waals surface area (Å²) < 4.78 is 18.1. The smallest absolute Gasteiger partial charge is 0.274 e. The third kappa shape index (κ3) is 5.24. The minimum atomic E-state index is -0.0332. The van der Waals surface area contributed by atoms with E-state index in [-0.39, 0.29) is 18.1 Å². The molecule has 0 saturated heterocycles. The minimum absolute atomic E-state index is 0.0318. The van der Waals surface area contributed by atoms with E-state index in [9.17, 15) is 4.79 Å². The van der Waals surface area contributed by atoms with Crippen LogP contribution in [0.1, 0.15) is 33.6 Å². The first-order valence-electron chi connectivity index (χ1n) is 9.19. The van der Waals surface area contributed by atoms with Crippen molar-refractivity contribution in [1.29, 1.82) is 0 Å². The van der Waals surface area contributed by atoms with Gasteiger partial charge in [-0.2, -0.15) is 0 Å². The van der Waals surface area contributed by atoms with Crippen LogP contribution in [-0.2, 0) is 9.53 Å². The second kappa shape index (κ2) is 9.08. The van der Waals surface area contributed by atoms with Crippen LogP contribution in [0.15, 0.2) is 12.1 Å². The van der Waals surface area contributed by atoms with Crippen LogP contribution in [0.4, 0.5) is 0 Å². The summed E-state index contributed by atoms with van der Waals surface area (Å²) in [5.74, 6) is 1.10. The van der Waals surface area contributed by atoms with E-state index < -0.39 is 0 Å². The summed E-state index contributed by atoms with van der Waals surface area (Å²) in [5, 5.41) is 4.03. The molecule has 148 valence electrons. The van der Waals surface area contributed by atoms with Crippen LogP contribution in [0.5, 0.6) is 10.9 Å². The number of nitrogens with one attached hydrogen (secondary N) is 1. The van der Waals surface area contributed by atoms with Crippen molar-refractivity contribution in [2.24, 2.45) is 5.92 Å². The summed E-state index contributed by atoms with van der Waals surface area (Å²) >= 11 is 7.92. The number of carbonyl (C=O) groups is 1. The van der Waals surface area contributed by atoms with E-state index in [0.717, 1.165) is 23.1 Å². The molecule has 1 aliphatic rings. The van der Waals surface area contributed by atoms with Crippen molar-refractivity contribution in [3.05, 3.63) is 17.2 Å². The van der Waals surface area contributed by atoms with Crippen molar-refractivity contribution in [2.75, 3.05) is 19.8 Å². The lowest BCUT2D eigenvalue weighted by Gasteiger charge is -2.35. The Kier molecular flexibility index (Phi) is 6.78. The third-order valence-electron chi connectivity index (χ3n) is 4.41. The predicted octanol–water partition coefficient (Wildman–Crippen LogP) is 4.05. The minimum Gasteiger partial charge on any atom is -0.492 e. The van der Waals surface area contributed by atoms with E-state index in [4.69, 9.17) is 25.8 Å². The summed E-state index contributed by atoms with van der Waals surface area (Å²) in [6.45, 7) is 7.11. The lowest BCUT2D eigenvalue weighted by molar-refractivity contribution is -0.120. The Morgan fingerprint density at radius 1 is 1.41 bits per heavy atom. The summed E-state index contributed by atoms with van der Waals surface area (Å²) in [7, 11) is 0. The zero-order valence-electron chi connectivity index (χ0n) is 15.8. The van der Waals surface area contributed by atoms with Crippen molar-refractivity contribution in [3.63, 3.8) is 0 Å². The lowest BCUT2D eigenvalue weighted by atomic mass is 9.83. The molecule has 1 aromatic heterocycles. The van der Waals surface area contributed by atoms with Gasteiger partial charge in [-0.3, -0.25) is 4.79 Å². The van der Waals surface area contributed by atoms with Gasteiger partial charge in [-0.15, -0.1) is 0 Å². The molecule has 0 aliphatic heterocycles. The monoisotopic (exact) mass is 412 g/mol. The highest BCUT2D eigenvalue weighted by Gasteiger charge is 2.31. The van der Waals surface area contributed by atoms with Crippen LogP contribution < -0.4 is 14.8 Å². The molecule has 3 rings (SSSR count). The van der Waals surface area contributed by atoms with Crippen LogP contribution in [0.25, 0.3) is 10.2 Å². The van der Waals surface area contributed by atoms with E-state index in [1.165, 1.54) is 18.3 Å². The fraction of sp³-hybridized carbons (Fsp3) is 0.579. The molecule has 0 radical (unpaired) electrons. The number of nitrogens with zero attached hydrogens (tertiary/aromatic N) is 1. The molecule has 1 amide bonds. The quantitative estimate of drug-likeness (QED) is 0.672. The number of hydrogen-bond acceptors (Lipinski definition) is 6. The fourth-order valence-corrected chi connectivity index (χ4v) is 4.28. The molecule has 0 bridgehead atoms. The molecule has 1 heterocycles. The van der Waals surface area contributed by atoms with E-state index in [1.807, 2.05) is 26.0 Å². The number of ether oxygens (including phenoxy) is 3. The zero-order valence-corrected chi connectivity index (χ0v) is 17.4. The molecule has 8 heteroatoms. The van der Waals surface area contributed by atoms with Crippen LogP contribution in [-0.4, -0.2) is 42.9 Å². The average Bonchev–Trinajstić information content (AvgIpc) is 2.98. The highest BCUT2D eigenvalue weighted by atomic mass is 35.5. The van der Waals surface area contributed by atoms with Crippen molar-refractivity contribution in [1.82, 2.24) is 10.3 Å². The molecule has 1 fully saturated rings. The molecule has 1 aromatic carbocycles. The van der Waals surface area contributed by atoms with Crippen LogP contribution in [0.2, 0.25) is 5.02 Å². The van der Waals surface area contributed by atoms with Crippen LogP contribution in [0.3, 0.4) is 0 Å². The first kappa shape index (κ1) is 20.2. The Bertz CT molecular complexity index is 791. The number of thiazole rings is 1. The van der Waals surface area contributed by atoms with Crippen LogP contribution in [0, 0.1) is 5.92 Å². The molecule has 27 heavy (non-hydrogen) atoms. The van der Waals surface area contributed by atoms with Gasteiger partial charge in [0.15, 0.2) is 0 Å². The topological polar surface area (TPSA) is 69.7 Å². The Balaban J connectivity index is 1.45. The Morgan fingerprint density at radius 2 is 2.19 bits per heavy atom. The second-order valence-electron chi connectivity index (χ2n) is 6.84. The number of hydrogen-bond donors (Lipinski definition) is 1. The molecule has 1 N–H and O–H groups in total. The number of amides is 1. The summed E-state index contributed by atoms with van der Waals surface area (Å²) in [6.07, 6.45) is 2.16. The van der Waals surface area contributed by atoms with Gasteiger partial charge in [0.25, 0.3) is 5.19 Å². The van der Waals surface area contributed by atoms with Crippen molar-refractivity contribution in [3.8, 4) is 10.9 Å². The van der Waals surface area contributed by atoms with Gasteiger partial charge in [-0.1, -0.05) is 22.9 Å². The highest BCUT2D eigenvalue weighted by molar-refractivity contribution is 7.20. The fourth-order valence-electron chi connectivity index (χ4n) is 3.04. The van der Waals surface area contributed by atoms with Gasteiger partial charge in [0.05, 0.1) is 36.1 Å².